The number of carbonyl (C=O) groups excluding carboxylic acids is 13. The van der Waals surface area contributed by atoms with Crippen molar-refractivity contribution in [1.82, 2.24) is 69.1 Å². The number of aliphatic imine (C=N–C) groups is 2. The molecular weight excluding hydrogens is 1290 g/mol. The third-order valence-corrected chi connectivity index (χ3v) is 14.7. The second kappa shape index (κ2) is 46.9. The van der Waals surface area contributed by atoms with Crippen LogP contribution in [0.3, 0.4) is 0 Å². The molecule has 0 unspecified atom stereocenters. The largest absolute Gasteiger partial charge is 0.394 e. The van der Waals surface area contributed by atoms with E-state index in [9.17, 15) is 72.5 Å². The lowest BCUT2D eigenvalue weighted by atomic mass is 10.0. The Morgan fingerprint density at radius 1 is 0.424 bits per heavy atom. The average molecular weight is 1400 g/mol. The van der Waals surface area contributed by atoms with Gasteiger partial charge in [0.25, 0.3) is 0 Å². The lowest BCUT2D eigenvalue weighted by Gasteiger charge is -2.26. The summed E-state index contributed by atoms with van der Waals surface area (Å²) in [7, 11) is 0. The van der Waals surface area contributed by atoms with Crippen LogP contribution in [0.25, 0.3) is 0 Å². The number of hydrogen-bond acceptors (Lipinski definition) is 20. The summed E-state index contributed by atoms with van der Waals surface area (Å²) in [5.41, 5.74) is 41.2. The minimum absolute atomic E-state index is 0.0229. The monoisotopic (exact) mass is 1390 g/mol. The Morgan fingerprint density at radius 2 is 0.848 bits per heavy atom. The van der Waals surface area contributed by atoms with Crippen molar-refractivity contribution < 1.29 is 72.5 Å². The van der Waals surface area contributed by atoms with E-state index in [0.29, 0.717) is 37.9 Å². The van der Waals surface area contributed by atoms with Crippen LogP contribution in [0, 0.1) is 6.92 Å². The normalized spacial score (nSPS) is 13.9. The summed E-state index contributed by atoms with van der Waals surface area (Å²) in [5, 5.41) is 53.2. The highest BCUT2D eigenvalue weighted by Gasteiger charge is 2.34. The summed E-state index contributed by atoms with van der Waals surface area (Å²) in [4.78, 5) is 181. The topological polar surface area (TPSA) is 626 Å². The van der Waals surface area contributed by atoms with E-state index in [-0.39, 0.29) is 89.5 Å². The summed E-state index contributed by atoms with van der Waals surface area (Å²) < 4.78 is 0. The lowest BCUT2D eigenvalue weighted by Crippen LogP contribution is -2.60. The number of aryl methyl sites for hydroxylation is 1. The Balaban J connectivity index is 2.16. The van der Waals surface area contributed by atoms with Crippen molar-refractivity contribution in [3.05, 3.63) is 71.3 Å². The first-order valence-corrected chi connectivity index (χ1v) is 32.4. The van der Waals surface area contributed by atoms with Crippen molar-refractivity contribution in [3.63, 3.8) is 0 Å². The standard InChI is InChI=1S/C62H102N22O15/c1-35-20-22-40(23-21-35)29-70-30-47(87)73-31-48(88)74-32-50(90)78-45(28-39-14-6-5-7-15-39)58(97)84-51(38(4)86)60(99)75-33-49(89)76-36(2)53(92)80-44(19-13-27-72-62(68)69)56(95)82-42(17-9-11-25-64)57(96)83-46(34-85)59(98)77-37(3)54(93)81-43(18-12-26-71-61(66)67)55(94)79-41(52(65)91)16-8-10-24-63/h5-7,14-15,20-23,36-38,41-46,51,70,85-86H,8-13,16-19,24-34,63-64H2,1-4H3,(H2,65,91)(H,73,87)(H,74,88)(H,75,99)(H,76,89)(H,77,98)(H,78,90)(H,79,94)(H,80,92)(H,81,93)(H,82,95)(H,83,96)(H,84,97)(H4,66,67,71)(H4,68,69,72)/t36-,37-,38+,41-,42-,43-,44-,45-,46-,51+/m0/s1. The van der Waals surface area contributed by atoms with Gasteiger partial charge in [0.15, 0.2) is 11.9 Å². The number of nitrogens with zero attached hydrogens (tertiary/aromatic N) is 2. The van der Waals surface area contributed by atoms with Crippen LogP contribution in [0.1, 0.15) is 102 Å². The molecule has 0 fully saturated rings. The zero-order valence-corrected chi connectivity index (χ0v) is 56.5. The van der Waals surface area contributed by atoms with Gasteiger partial charge in [-0.05, 0) is 116 Å². The van der Waals surface area contributed by atoms with E-state index in [0.717, 1.165) is 11.1 Å². The van der Waals surface area contributed by atoms with Crippen LogP contribution in [0.2, 0.25) is 0 Å². The molecule has 37 heteroatoms. The zero-order chi connectivity index (χ0) is 74.0. The predicted octanol–water partition coefficient (Wildman–Crippen LogP) is -8.70. The van der Waals surface area contributed by atoms with Gasteiger partial charge in [-0.2, -0.15) is 0 Å². The van der Waals surface area contributed by atoms with Crippen LogP contribution in [-0.2, 0) is 75.3 Å². The lowest BCUT2D eigenvalue weighted by molar-refractivity contribution is -0.136. The molecule has 29 N–H and O–H groups in total. The van der Waals surface area contributed by atoms with Crippen molar-refractivity contribution in [2.24, 2.45) is 50.1 Å². The van der Waals surface area contributed by atoms with Crippen molar-refractivity contribution >= 4 is 88.7 Å². The number of guanidine groups is 2. The van der Waals surface area contributed by atoms with Gasteiger partial charge in [0.05, 0.1) is 38.9 Å². The maximum Gasteiger partial charge on any atom is 0.245 e. The van der Waals surface area contributed by atoms with Gasteiger partial charge in [-0.15, -0.1) is 0 Å². The van der Waals surface area contributed by atoms with E-state index in [1.807, 2.05) is 31.2 Å². The third kappa shape index (κ3) is 35.6. The molecule has 0 aliphatic heterocycles. The molecule has 0 spiro atoms. The fourth-order valence-electron chi connectivity index (χ4n) is 9.18. The molecule has 10 atom stereocenters. The molecule has 13 amide bonds. The molecule has 0 aliphatic rings. The van der Waals surface area contributed by atoms with E-state index in [1.54, 1.807) is 30.3 Å². The van der Waals surface area contributed by atoms with Gasteiger partial charge in [0.2, 0.25) is 76.8 Å². The highest BCUT2D eigenvalue weighted by Crippen LogP contribution is 2.10. The van der Waals surface area contributed by atoms with Gasteiger partial charge in [0.1, 0.15) is 54.4 Å². The number of aliphatic hydroxyl groups is 2. The van der Waals surface area contributed by atoms with Crippen LogP contribution < -0.4 is 109 Å². The van der Waals surface area contributed by atoms with Crippen LogP contribution in [0.4, 0.5) is 0 Å². The van der Waals surface area contributed by atoms with Crippen LogP contribution in [0.5, 0.6) is 0 Å². The number of aliphatic hydroxyl groups excluding tert-OH is 2. The maximum absolute atomic E-state index is 14.1. The summed E-state index contributed by atoms with van der Waals surface area (Å²) in [6.45, 7) is 3.60. The van der Waals surface area contributed by atoms with E-state index in [4.69, 9.17) is 40.1 Å². The number of amides is 13. The maximum atomic E-state index is 14.1. The van der Waals surface area contributed by atoms with E-state index >= 15 is 0 Å². The second-order valence-electron chi connectivity index (χ2n) is 23.3. The van der Waals surface area contributed by atoms with Gasteiger partial charge in [-0.1, -0.05) is 60.2 Å². The van der Waals surface area contributed by atoms with E-state index < -0.39 is 164 Å². The Labute approximate surface area is 574 Å². The molecule has 37 nitrogen and oxygen atoms in total. The summed E-state index contributed by atoms with van der Waals surface area (Å²) in [6.07, 6.45) is 0.0628. The SMILES string of the molecule is Cc1ccc(CNCC(=O)NCC(=O)NCC(=O)N[C@@H](Cc2ccccc2)C(=O)N[C@@H](C(=O)NCC(=O)N[C@@H](C)C(=O)N[C@@H](CCCN=C(N)N)C(=O)N[C@@H](CCCCN)C(=O)N[C@@H](CO)C(=O)N[C@@H](C)C(=O)N[C@@H](CCCN=C(N)N)C(=O)N[C@@H](CCCCN)C(N)=O)[C@@H](C)O)cc1. The van der Waals surface area contributed by atoms with Crippen molar-refractivity contribution in [2.75, 3.05) is 59.0 Å². The Morgan fingerprint density at radius 3 is 1.34 bits per heavy atom. The first-order valence-electron chi connectivity index (χ1n) is 32.4. The molecule has 0 saturated carbocycles. The Bertz CT molecular complexity index is 3020. The smallest absolute Gasteiger partial charge is 0.245 e. The number of benzene rings is 2. The van der Waals surface area contributed by atoms with Crippen molar-refractivity contribution in [3.8, 4) is 0 Å². The highest BCUT2D eigenvalue weighted by molar-refractivity contribution is 5.99. The molecule has 0 radical (unpaired) electrons. The molecule has 99 heavy (non-hydrogen) atoms. The van der Waals surface area contributed by atoms with Crippen LogP contribution in [0.15, 0.2) is 64.6 Å². The summed E-state index contributed by atoms with van der Waals surface area (Å²) in [5.74, 6) is -11.9. The fourth-order valence-corrected chi connectivity index (χ4v) is 9.18. The number of hydrogen-bond donors (Lipinski definition) is 22. The predicted molar refractivity (Wildman–Crippen MR) is 364 cm³/mol. The molecule has 2 aromatic carbocycles. The van der Waals surface area contributed by atoms with E-state index in [2.05, 4.69) is 79.1 Å². The van der Waals surface area contributed by atoms with Crippen LogP contribution >= 0.6 is 0 Å². The number of nitrogens with two attached hydrogens (primary N) is 7. The second-order valence-corrected chi connectivity index (χ2v) is 23.3. The Hall–Kier alpha value is -10.1. The fraction of sp³-hybridized carbons (Fsp3) is 0.565. The number of unbranched alkanes of at least 4 members (excludes halogenated alkanes) is 2. The minimum Gasteiger partial charge on any atom is -0.394 e. The number of carbonyl (C=O) groups is 13. The van der Waals surface area contributed by atoms with Gasteiger partial charge in [-0.3, -0.25) is 72.3 Å². The molecule has 0 aromatic heterocycles. The number of nitrogens with one attached hydrogen (secondary N) is 13. The first-order chi connectivity index (χ1) is 47.0. The van der Waals surface area contributed by atoms with E-state index in [1.165, 1.54) is 20.8 Å². The molecule has 550 valence electrons. The Kier molecular flexibility index (Phi) is 40.3. The van der Waals surface area contributed by atoms with Gasteiger partial charge in [0, 0.05) is 26.1 Å². The first kappa shape index (κ1) is 85.0. The van der Waals surface area contributed by atoms with Crippen molar-refractivity contribution in [1.29, 1.82) is 0 Å². The van der Waals surface area contributed by atoms with Crippen molar-refractivity contribution in [2.45, 2.75) is 165 Å². The number of primary amides is 1. The molecular formula is C62H102N22O15. The molecule has 2 aromatic rings. The average Bonchev–Trinajstić information content (AvgIpc) is 0.896. The summed E-state index contributed by atoms with van der Waals surface area (Å²) >= 11 is 0. The van der Waals surface area contributed by atoms with Gasteiger partial charge < -0.3 is 119 Å². The zero-order valence-electron chi connectivity index (χ0n) is 56.5. The third-order valence-electron chi connectivity index (χ3n) is 14.7. The highest BCUT2D eigenvalue weighted by atomic mass is 16.3. The molecule has 0 saturated heterocycles. The van der Waals surface area contributed by atoms with Gasteiger partial charge >= 0.3 is 0 Å². The number of rotatable bonds is 48. The van der Waals surface area contributed by atoms with Gasteiger partial charge in [-0.25, -0.2) is 0 Å². The summed E-state index contributed by atoms with van der Waals surface area (Å²) in [6, 6.07) is 3.18. The molecule has 2 rings (SSSR count). The molecule has 0 bridgehead atoms. The molecule has 0 aliphatic carbocycles. The minimum atomic E-state index is -1.73. The molecule has 0 heterocycles. The quantitative estimate of drug-likeness (QED) is 0.0166. The van der Waals surface area contributed by atoms with Crippen LogP contribution in [-0.4, -0.2) is 218 Å².